The van der Waals surface area contributed by atoms with Crippen LogP contribution in [0.15, 0.2) is 53.5 Å². The summed E-state index contributed by atoms with van der Waals surface area (Å²) in [6.45, 7) is 1.29. The molecule has 0 radical (unpaired) electrons. The van der Waals surface area contributed by atoms with E-state index in [4.69, 9.17) is 0 Å². The van der Waals surface area contributed by atoms with Gasteiger partial charge in [0.15, 0.2) is 5.65 Å². The van der Waals surface area contributed by atoms with Gasteiger partial charge in [-0.15, -0.1) is 5.10 Å². The summed E-state index contributed by atoms with van der Waals surface area (Å²) in [6, 6.07) is 12.0. The van der Waals surface area contributed by atoms with E-state index in [9.17, 15) is 14.4 Å². The predicted octanol–water partition coefficient (Wildman–Crippen LogP) is 1.12. The van der Waals surface area contributed by atoms with Crippen molar-refractivity contribution in [1.29, 1.82) is 0 Å². The lowest BCUT2D eigenvalue weighted by atomic mass is 10.2. The van der Waals surface area contributed by atoms with E-state index in [2.05, 4.69) is 10.4 Å². The summed E-state index contributed by atoms with van der Waals surface area (Å²) in [5.74, 6) is -0.443. The Kier molecular flexibility index (Phi) is 4.34. The predicted molar refractivity (Wildman–Crippen MR) is 93.6 cm³/mol. The number of rotatable bonds is 4. The number of anilines is 2. The number of hydrogen-bond acceptors (Lipinski definition) is 4. The van der Waals surface area contributed by atoms with Crippen molar-refractivity contribution in [3.8, 4) is 0 Å². The molecule has 128 valence electrons. The Morgan fingerprint density at radius 2 is 1.88 bits per heavy atom. The summed E-state index contributed by atoms with van der Waals surface area (Å²) in [4.78, 5) is 37.1. The maximum Gasteiger partial charge on any atom is 0.350 e. The van der Waals surface area contributed by atoms with E-state index < -0.39 is 0 Å². The Bertz CT molecular complexity index is 987. The molecule has 25 heavy (non-hydrogen) atoms. The van der Waals surface area contributed by atoms with Crippen molar-refractivity contribution in [3.63, 3.8) is 0 Å². The average Bonchev–Trinajstić information content (AvgIpc) is 2.91. The van der Waals surface area contributed by atoms with E-state index in [1.165, 1.54) is 16.2 Å². The fraction of sp³-hybridized carbons (Fsp3) is 0.176. The second-order valence-corrected chi connectivity index (χ2v) is 5.54. The Morgan fingerprint density at radius 1 is 1.16 bits per heavy atom. The number of nitrogens with one attached hydrogen (secondary N) is 1. The first-order chi connectivity index (χ1) is 12.0. The van der Waals surface area contributed by atoms with Gasteiger partial charge in [-0.25, -0.2) is 9.48 Å². The molecular formula is C17H17N5O3. The van der Waals surface area contributed by atoms with Gasteiger partial charge in [0.25, 0.3) is 0 Å². The highest BCUT2D eigenvalue weighted by molar-refractivity contribution is 5.93. The second kappa shape index (κ2) is 6.60. The Hall–Kier alpha value is -3.42. The highest BCUT2D eigenvalue weighted by Crippen LogP contribution is 2.16. The average molecular weight is 339 g/mol. The van der Waals surface area contributed by atoms with Crippen molar-refractivity contribution in [3.05, 3.63) is 59.1 Å². The highest BCUT2D eigenvalue weighted by atomic mass is 16.2. The highest BCUT2D eigenvalue weighted by Gasteiger charge is 2.11. The van der Waals surface area contributed by atoms with Crippen LogP contribution in [0.1, 0.15) is 6.92 Å². The van der Waals surface area contributed by atoms with Gasteiger partial charge >= 0.3 is 5.69 Å². The molecule has 0 spiro atoms. The van der Waals surface area contributed by atoms with Crippen LogP contribution in [0, 0.1) is 0 Å². The van der Waals surface area contributed by atoms with Crippen LogP contribution in [-0.4, -0.2) is 33.0 Å². The molecule has 0 aliphatic heterocycles. The molecule has 0 saturated heterocycles. The first-order valence-electron chi connectivity index (χ1n) is 7.64. The molecule has 0 fully saturated rings. The third-order valence-electron chi connectivity index (χ3n) is 3.79. The first-order valence-corrected chi connectivity index (χ1v) is 7.64. The number of benzene rings is 1. The molecule has 0 aliphatic rings. The van der Waals surface area contributed by atoms with Crippen LogP contribution in [0.5, 0.6) is 0 Å². The summed E-state index contributed by atoms with van der Waals surface area (Å²) in [5, 5.41) is 6.82. The van der Waals surface area contributed by atoms with Gasteiger partial charge in [-0.2, -0.15) is 0 Å². The number of fused-ring (bicyclic) bond motifs is 1. The van der Waals surface area contributed by atoms with E-state index >= 15 is 0 Å². The number of hydrogen-bond donors (Lipinski definition) is 1. The Balaban J connectivity index is 1.71. The monoisotopic (exact) mass is 339 g/mol. The number of pyridine rings is 1. The zero-order valence-electron chi connectivity index (χ0n) is 13.8. The van der Waals surface area contributed by atoms with Crippen molar-refractivity contribution in [1.82, 2.24) is 14.2 Å². The van der Waals surface area contributed by atoms with Gasteiger partial charge < -0.3 is 10.2 Å². The lowest BCUT2D eigenvalue weighted by molar-refractivity contribution is -0.117. The fourth-order valence-electron chi connectivity index (χ4n) is 2.36. The fourth-order valence-corrected chi connectivity index (χ4v) is 2.36. The largest absolute Gasteiger partial charge is 0.350 e. The van der Waals surface area contributed by atoms with Gasteiger partial charge in [0.1, 0.15) is 6.54 Å². The molecule has 0 aliphatic carbocycles. The quantitative estimate of drug-likeness (QED) is 0.771. The van der Waals surface area contributed by atoms with Crippen LogP contribution in [0.2, 0.25) is 0 Å². The maximum atomic E-state index is 12.2. The normalized spacial score (nSPS) is 10.6. The molecule has 0 atom stereocenters. The molecule has 0 unspecified atom stereocenters. The lowest BCUT2D eigenvalue weighted by Crippen LogP contribution is -2.28. The van der Waals surface area contributed by atoms with Gasteiger partial charge in [0.05, 0.1) is 0 Å². The van der Waals surface area contributed by atoms with Crippen molar-refractivity contribution >= 4 is 28.8 Å². The van der Waals surface area contributed by atoms with Crippen LogP contribution in [0.25, 0.3) is 5.65 Å². The molecule has 8 nitrogen and oxygen atoms in total. The van der Waals surface area contributed by atoms with Crippen molar-refractivity contribution in [2.75, 3.05) is 17.3 Å². The minimum Gasteiger partial charge on any atom is -0.324 e. The van der Waals surface area contributed by atoms with Crippen LogP contribution in [0.4, 0.5) is 11.4 Å². The van der Waals surface area contributed by atoms with Crippen molar-refractivity contribution < 1.29 is 9.59 Å². The van der Waals surface area contributed by atoms with Crippen LogP contribution >= 0.6 is 0 Å². The number of aromatic nitrogens is 3. The van der Waals surface area contributed by atoms with Crippen molar-refractivity contribution in [2.24, 2.45) is 0 Å². The van der Waals surface area contributed by atoms with E-state index in [0.29, 0.717) is 11.3 Å². The SMILES string of the molecule is CC(=O)N(C)c1ccc(NC(=O)Cn2nc3ccccn3c2=O)cc1. The van der Waals surface area contributed by atoms with Crippen LogP contribution in [-0.2, 0) is 16.1 Å². The van der Waals surface area contributed by atoms with Gasteiger partial charge in [-0.1, -0.05) is 6.07 Å². The smallest absolute Gasteiger partial charge is 0.324 e. The topological polar surface area (TPSA) is 88.7 Å². The second-order valence-electron chi connectivity index (χ2n) is 5.54. The van der Waals surface area contributed by atoms with E-state index in [1.807, 2.05) is 0 Å². The maximum absolute atomic E-state index is 12.2. The molecule has 3 rings (SSSR count). The van der Waals surface area contributed by atoms with Gasteiger partial charge in [0.2, 0.25) is 11.8 Å². The van der Waals surface area contributed by atoms with E-state index in [0.717, 1.165) is 10.4 Å². The van der Waals surface area contributed by atoms with Gasteiger partial charge in [-0.3, -0.25) is 14.0 Å². The molecule has 0 bridgehead atoms. The summed E-state index contributed by atoms with van der Waals surface area (Å²) in [7, 11) is 1.67. The summed E-state index contributed by atoms with van der Waals surface area (Å²) in [6.07, 6.45) is 1.60. The Morgan fingerprint density at radius 3 is 2.52 bits per heavy atom. The van der Waals surface area contributed by atoms with E-state index in [-0.39, 0.29) is 24.0 Å². The number of carbonyl (C=O) groups is 2. The summed E-state index contributed by atoms with van der Waals surface area (Å²) >= 11 is 0. The zero-order chi connectivity index (χ0) is 18.0. The summed E-state index contributed by atoms with van der Waals surface area (Å²) < 4.78 is 2.49. The van der Waals surface area contributed by atoms with Crippen molar-refractivity contribution in [2.45, 2.75) is 13.5 Å². The van der Waals surface area contributed by atoms with Gasteiger partial charge in [0, 0.05) is 31.5 Å². The Labute approximate surface area is 143 Å². The third kappa shape index (κ3) is 3.42. The molecule has 1 aromatic carbocycles. The number of amides is 2. The standard InChI is InChI=1S/C17H17N5O3/c1-12(23)20(2)14-8-6-13(7-9-14)18-16(24)11-22-17(25)21-10-4-3-5-15(21)19-22/h3-10H,11H2,1-2H3,(H,18,24). The molecule has 8 heteroatoms. The molecule has 2 heterocycles. The molecule has 3 aromatic rings. The van der Waals surface area contributed by atoms with Crippen LogP contribution in [0.3, 0.4) is 0 Å². The molecule has 1 N–H and O–H groups in total. The minimum absolute atomic E-state index is 0.0805. The lowest BCUT2D eigenvalue weighted by Gasteiger charge is -2.15. The molecule has 0 saturated carbocycles. The first kappa shape index (κ1) is 16.4. The molecule has 2 amide bonds. The van der Waals surface area contributed by atoms with E-state index in [1.54, 1.807) is 55.7 Å². The number of carbonyl (C=O) groups excluding carboxylic acids is 2. The number of nitrogens with zero attached hydrogens (tertiary/aromatic N) is 4. The molecular weight excluding hydrogens is 322 g/mol. The zero-order valence-corrected chi connectivity index (χ0v) is 13.8. The third-order valence-corrected chi connectivity index (χ3v) is 3.79. The van der Waals surface area contributed by atoms with Crippen LogP contribution < -0.4 is 15.9 Å². The minimum atomic E-state index is -0.371. The molecule has 2 aromatic heterocycles. The van der Waals surface area contributed by atoms with Gasteiger partial charge in [-0.05, 0) is 36.4 Å². The summed E-state index contributed by atoms with van der Waals surface area (Å²) in [5.41, 5.74) is 1.41.